The SMILES string of the molecule is CC(CNCCc1cccs1)N1CCNCC1. The zero-order chi connectivity index (χ0) is 11.9. The molecule has 0 bridgehead atoms. The molecule has 0 radical (unpaired) electrons. The highest BCUT2D eigenvalue weighted by molar-refractivity contribution is 7.09. The Labute approximate surface area is 108 Å². The summed E-state index contributed by atoms with van der Waals surface area (Å²) in [5.74, 6) is 0. The van der Waals surface area contributed by atoms with E-state index >= 15 is 0 Å². The number of thiophene rings is 1. The van der Waals surface area contributed by atoms with Crippen molar-refractivity contribution < 1.29 is 0 Å². The molecule has 1 aliphatic heterocycles. The first-order valence-electron chi connectivity index (χ1n) is 6.54. The molecule has 17 heavy (non-hydrogen) atoms. The summed E-state index contributed by atoms with van der Waals surface area (Å²) in [7, 11) is 0. The molecule has 1 unspecified atom stereocenters. The van der Waals surface area contributed by atoms with E-state index in [4.69, 9.17) is 0 Å². The van der Waals surface area contributed by atoms with Crippen LogP contribution in [-0.2, 0) is 6.42 Å². The van der Waals surface area contributed by atoms with Crippen LogP contribution in [0.2, 0.25) is 0 Å². The lowest BCUT2D eigenvalue weighted by Gasteiger charge is -2.32. The highest BCUT2D eigenvalue weighted by atomic mass is 32.1. The Bertz CT molecular complexity index is 294. The van der Waals surface area contributed by atoms with Crippen molar-refractivity contribution in [3.63, 3.8) is 0 Å². The summed E-state index contributed by atoms with van der Waals surface area (Å²) in [5, 5.41) is 9.11. The number of rotatable bonds is 6. The predicted molar refractivity (Wildman–Crippen MR) is 74.8 cm³/mol. The Morgan fingerprint density at radius 3 is 3.00 bits per heavy atom. The minimum absolute atomic E-state index is 0.653. The molecule has 0 saturated carbocycles. The summed E-state index contributed by atoms with van der Waals surface area (Å²) in [6.45, 7) is 9.17. The van der Waals surface area contributed by atoms with Crippen molar-refractivity contribution in [2.24, 2.45) is 0 Å². The fraction of sp³-hybridized carbons (Fsp3) is 0.692. The van der Waals surface area contributed by atoms with Crippen LogP contribution in [0.15, 0.2) is 17.5 Å². The molecular weight excluding hydrogens is 230 g/mol. The number of hydrogen-bond donors (Lipinski definition) is 2. The molecule has 2 heterocycles. The van der Waals surface area contributed by atoms with Crippen molar-refractivity contribution in [1.29, 1.82) is 0 Å². The lowest BCUT2D eigenvalue weighted by molar-refractivity contribution is 0.181. The zero-order valence-corrected chi connectivity index (χ0v) is 11.4. The fourth-order valence-corrected chi connectivity index (χ4v) is 2.94. The van der Waals surface area contributed by atoms with Crippen molar-refractivity contribution in [3.8, 4) is 0 Å². The highest BCUT2D eigenvalue weighted by Crippen LogP contribution is 2.08. The first-order valence-corrected chi connectivity index (χ1v) is 7.42. The Morgan fingerprint density at radius 2 is 2.29 bits per heavy atom. The third-order valence-electron chi connectivity index (χ3n) is 3.34. The van der Waals surface area contributed by atoms with Gasteiger partial charge in [0.15, 0.2) is 0 Å². The number of nitrogens with zero attached hydrogens (tertiary/aromatic N) is 1. The van der Waals surface area contributed by atoms with Gasteiger partial charge in [0.05, 0.1) is 0 Å². The second kappa shape index (κ2) is 7.11. The largest absolute Gasteiger partial charge is 0.315 e. The van der Waals surface area contributed by atoms with Crippen LogP contribution in [0.1, 0.15) is 11.8 Å². The minimum Gasteiger partial charge on any atom is -0.315 e. The first kappa shape index (κ1) is 13.0. The maximum absolute atomic E-state index is 3.57. The molecule has 3 nitrogen and oxygen atoms in total. The van der Waals surface area contributed by atoms with E-state index < -0.39 is 0 Å². The Hall–Kier alpha value is -0.420. The molecule has 1 saturated heterocycles. The Kier molecular flexibility index (Phi) is 5.45. The molecule has 0 aromatic carbocycles. The summed E-state index contributed by atoms with van der Waals surface area (Å²) < 4.78 is 0. The van der Waals surface area contributed by atoms with E-state index in [1.54, 1.807) is 0 Å². The van der Waals surface area contributed by atoms with Gasteiger partial charge >= 0.3 is 0 Å². The highest BCUT2D eigenvalue weighted by Gasteiger charge is 2.15. The van der Waals surface area contributed by atoms with E-state index in [-0.39, 0.29) is 0 Å². The van der Waals surface area contributed by atoms with Gasteiger partial charge in [-0.05, 0) is 24.8 Å². The first-order chi connectivity index (χ1) is 8.36. The summed E-state index contributed by atoms with van der Waals surface area (Å²) in [5.41, 5.74) is 0. The summed E-state index contributed by atoms with van der Waals surface area (Å²) in [6.07, 6.45) is 1.16. The summed E-state index contributed by atoms with van der Waals surface area (Å²) in [6, 6.07) is 5.00. The van der Waals surface area contributed by atoms with Crippen LogP contribution in [0, 0.1) is 0 Å². The van der Waals surface area contributed by atoms with Crippen LogP contribution in [-0.4, -0.2) is 50.2 Å². The van der Waals surface area contributed by atoms with Crippen molar-refractivity contribution in [3.05, 3.63) is 22.4 Å². The van der Waals surface area contributed by atoms with Gasteiger partial charge in [-0.2, -0.15) is 0 Å². The van der Waals surface area contributed by atoms with Crippen LogP contribution in [0.5, 0.6) is 0 Å². The lowest BCUT2D eigenvalue weighted by Crippen LogP contribution is -2.50. The van der Waals surface area contributed by atoms with E-state index in [2.05, 4.69) is 40.0 Å². The lowest BCUT2D eigenvalue weighted by atomic mass is 10.2. The van der Waals surface area contributed by atoms with Gasteiger partial charge in [-0.3, -0.25) is 4.90 Å². The van der Waals surface area contributed by atoms with Crippen LogP contribution in [0.4, 0.5) is 0 Å². The third kappa shape index (κ3) is 4.39. The summed E-state index contributed by atoms with van der Waals surface area (Å²) >= 11 is 1.85. The van der Waals surface area contributed by atoms with E-state index in [0.717, 1.165) is 32.6 Å². The fourth-order valence-electron chi connectivity index (χ4n) is 2.23. The standard InChI is InChI=1S/C13H23N3S/c1-12(16-8-6-14-7-9-16)11-15-5-4-13-3-2-10-17-13/h2-3,10,12,14-15H,4-9,11H2,1H3. The molecule has 2 N–H and O–H groups in total. The zero-order valence-electron chi connectivity index (χ0n) is 10.6. The average molecular weight is 253 g/mol. The van der Waals surface area contributed by atoms with Crippen LogP contribution >= 0.6 is 11.3 Å². The van der Waals surface area contributed by atoms with Crippen molar-refractivity contribution in [2.45, 2.75) is 19.4 Å². The topological polar surface area (TPSA) is 27.3 Å². The maximum atomic E-state index is 3.57. The van der Waals surface area contributed by atoms with Gasteiger partial charge in [0, 0.05) is 50.2 Å². The molecule has 96 valence electrons. The molecule has 1 aromatic heterocycles. The summed E-state index contributed by atoms with van der Waals surface area (Å²) in [4.78, 5) is 4.04. The quantitative estimate of drug-likeness (QED) is 0.745. The van der Waals surface area contributed by atoms with Gasteiger partial charge in [-0.25, -0.2) is 0 Å². The van der Waals surface area contributed by atoms with Gasteiger partial charge in [0.25, 0.3) is 0 Å². The molecule has 0 amide bonds. The van der Waals surface area contributed by atoms with Crippen molar-refractivity contribution in [1.82, 2.24) is 15.5 Å². The molecule has 1 aromatic rings. The number of hydrogen-bond acceptors (Lipinski definition) is 4. The molecule has 4 heteroatoms. The van der Waals surface area contributed by atoms with Crippen LogP contribution < -0.4 is 10.6 Å². The van der Waals surface area contributed by atoms with E-state index in [1.165, 1.54) is 18.0 Å². The smallest absolute Gasteiger partial charge is 0.0193 e. The second-order valence-electron chi connectivity index (χ2n) is 4.67. The molecule has 0 spiro atoms. The number of piperazine rings is 1. The van der Waals surface area contributed by atoms with E-state index in [9.17, 15) is 0 Å². The minimum atomic E-state index is 0.653. The second-order valence-corrected chi connectivity index (χ2v) is 5.70. The molecule has 0 aliphatic carbocycles. The van der Waals surface area contributed by atoms with Gasteiger partial charge in [-0.15, -0.1) is 11.3 Å². The molecule has 1 aliphatic rings. The van der Waals surface area contributed by atoms with E-state index in [1.807, 2.05) is 11.3 Å². The molecular formula is C13H23N3S. The number of nitrogens with one attached hydrogen (secondary N) is 2. The van der Waals surface area contributed by atoms with Gasteiger partial charge in [-0.1, -0.05) is 6.07 Å². The molecule has 2 rings (SSSR count). The van der Waals surface area contributed by atoms with Crippen molar-refractivity contribution >= 4 is 11.3 Å². The third-order valence-corrected chi connectivity index (χ3v) is 4.28. The molecule has 1 atom stereocenters. The normalized spacial score (nSPS) is 19.4. The Balaban J connectivity index is 1.57. The van der Waals surface area contributed by atoms with Crippen molar-refractivity contribution in [2.75, 3.05) is 39.3 Å². The average Bonchev–Trinajstić information content (AvgIpc) is 2.88. The maximum Gasteiger partial charge on any atom is 0.0193 e. The molecule has 1 fully saturated rings. The van der Waals surface area contributed by atoms with Gasteiger partial charge in [0.1, 0.15) is 0 Å². The Morgan fingerprint density at radius 1 is 1.47 bits per heavy atom. The van der Waals surface area contributed by atoms with E-state index in [0.29, 0.717) is 6.04 Å². The van der Waals surface area contributed by atoms with Crippen LogP contribution in [0.3, 0.4) is 0 Å². The van der Waals surface area contributed by atoms with Crippen LogP contribution in [0.25, 0.3) is 0 Å². The van der Waals surface area contributed by atoms with Gasteiger partial charge in [0.2, 0.25) is 0 Å². The van der Waals surface area contributed by atoms with Gasteiger partial charge < -0.3 is 10.6 Å². The predicted octanol–water partition coefficient (Wildman–Crippen LogP) is 1.17. The monoisotopic (exact) mass is 253 g/mol.